The number of anilines is 2. The summed E-state index contributed by atoms with van der Waals surface area (Å²) in [5, 5.41) is 3.07. The Labute approximate surface area is 136 Å². The van der Waals surface area contributed by atoms with Gasteiger partial charge in [0.1, 0.15) is 6.61 Å². The number of carbonyl (C=O) groups excluding carboxylic acids is 1. The molecule has 0 heterocycles. The van der Waals surface area contributed by atoms with Gasteiger partial charge >= 0.3 is 0 Å². The maximum absolute atomic E-state index is 11.8. The van der Waals surface area contributed by atoms with Crippen molar-refractivity contribution >= 4 is 44.8 Å². The molecular formula is C15H14BrClN2O2. The maximum atomic E-state index is 11.8. The van der Waals surface area contributed by atoms with Gasteiger partial charge in [0, 0.05) is 10.2 Å². The van der Waals surface area contributed by atoms with E-state index in [1.54, 1.807) is 18.2 Å². The van der Waals surface area contributed by atoms with E-state index in [0.717, 1.165) is 10.0 Å². The van der Waals surface area contributed by atoms with E-state index in [-0.39, 0.29) is 12.5 Å². The maximum Gasteiger partial charge on any atom is 0.250 e. The van der Waals surface area contributed by atoms with E-state index in [1.807, 2.05) is 24.3 Å². The van der Waals surface area contributed by atoms with Gasteiger partial charge in [-0.05, 0) is 35.9 Å². The predicted molar refractivity (Wildman–Crippen MR) is 88.3 cm³/mol. The molecule has 2 aromatic carbocycles. The molecule has 0 atom stereocenters. The van der Waals surface area contributed by atoms with Gasteiger partial charge in [-0.2, -0.15) is 0 Å². The molecule has 2 rings (SSSR count). The van der Waals surface area contributed by atoms with Crippen molar-refractivity contribution < 1.29 is 9.53 Å². The molecule has 0 aliphatic rings. The van der Waals surface area contributed by atoms with Crippen LogP contribution >= 0.6 is 27.5 Å². The van der Waals surface area contributed by atoms with Crippen molar-refractivity contribution in [3.8, 4) is 0 Å². The highest BCUT2D eigenvalue weighted by Crippen LogP contribution is 2.23. The average Bonchev–Trinajstić information content (AvgIpc) is 2.42. The standard InChI is InChI=1S/C15H14BrClN2O2/c16-11-3-1-2-10(6-11)8-21-9-15(20)19-14-5-4-12(18)7-13(14)17/h1-7H,8-9,18H2,(H,19,20). The van der Waals surface area contributed by atoms with Gasteiger partial charge in [0.15, 0.2) is 0 Å². The first-order valence-corrected chi connectivity index (χ1v) is 7.39. The lowest BCUT2D eigenvalue weighted by atomic mass is 10.2. The number of hydrogen-bond acceptors (Lipinski definition) is 3. The van der Waals surface area contributed by atoms with Gasteiger partial charge in [-0.3, -0.25) is 4.79 Å². The number of carbonyl (C=O) groups is 1. The zero-order valence-corrected chi connectivity index (χ0v) is 13.4. The van der Waals surface area contributed by atoms with E-state index < -0.39 is 0 Å². The normalized spacial score (nSPS) is 10.4. The third kappa shape index (κ3) is 5.04. The summed E-state index contributed by atoms with van der Waals surface area (Å²) in [6.07, 6.45) is 0. The molecule has 1 amide bonds. The second-order valence-electron chi connectivity index (χ2n) is 4.41. The van der Waals surface area contributed by atoms with E-state index in [9.17, 15) is 4.79 Å². The van der Waals surface area contributed by atoms with Gasteiger partial charge in [-0.25, -0.2) is 0 Å². The van der Waals surface area contributed by atoms with Gasteiger partial charge < -0.3 is 15.8 Å². The monoisotopic (exact) mass is 368 g/mol. The Kier molecular flexibility index (Phi) is 5.61. The molecule has 0 unspecified atom stereocenters. The molecule has 0 radical (unpaired) electrons. The van der Waals surface area contributed by atoms with Crippen LogP contribution < -0.4 is 11.1 Å². The summed E-state index contributed by atoms with van der Waals surface area (Å²) in [7, 11) is 0. The second-order valence-corrected chi connectivity index (χ2v) is 5.73. The lowest BCUT2D eigenvalue weighted by molar-refractivity contribution is -0.121. The minimum Gasteiger partial charge on any atom is -0.399 e. The van der Waals surface area contributed by atoms with Crippen molar-refractivity contribution in [1.82, 2.24) is 0 Å². The fourth-order valence-electron chi connectivity index (χ4n) is 1.71. The van der Waals surface area contributed by atoms with Crippen molar-refractivity contribution in [3.63, 3.8) is 0 Å². The van der Waals surface area contributed by atoms with Crippen LogP contribution in [0.5, 0.6) is 0 Å². The summed E-state index contributed by atoms with van der Waals surface area (Å²) in [6, 6.07) is 12.6. The number of nitrogens with two attached hydrogens (primary N) is 1. The molecule has 0 saturated heterocycles. The average molecular weight is 370 g/mol. The Morgan fingerprint density at radius 2 is 2.10 bits per heavy atom. The Morgan fingerprint density at radius 3 is 2.81 bits per heavy atom. The van der Waals surface area contributed by atoms with E-state index >= 15 is 0 Å². The minimum atomic E-state index is -0.267. The van der Waals surface area contributed by atoms with E-state index in [2.05, 4.69) is 21.2 Å². The molecular weight excluding hydrogens is 356 g/mol. The summed E-state index contributed by atoms with van der Waals surface area (Å²) < 4.78 is 6.35. The van der Waals surface area contributed by atoms with Gasteiger partial charge in [0.25, 0.3) is 0 Å². The second kappa shape index (κ2) is 7.45. The van der Waals surface area contributed by atoms with Crippen molar-refractivity contribution in [3.05, 3.63) is 57.5 Å². The molecule has 0 aromatic heterocycles. The quantitative estimate of drug-likeness (QED) is 0.787. The molecule has 0 spiro atoms. The SMILES string of the molecule is Nc1ccc(NC(=O)COCc2cccc(Br)c2)c(Cl)c1. The minimum absolute atomic E-state index is 0.0484. The van der Waals surface area contributed by atoms with Crippen LogP contribution in [0.3, 0.4) is 0 Å². The molecule has 2 aromatic rings. The van der Waals surface area contributed by atoms with Crippen LogP contribution in [0, 0.1) is 0 Å². The lowest BCUT2D eigenvalue weighted by Gasteiger charge is -2.08. The van der Waals surface area contributed by atoms with Crippen LogP contribution in [-0.2, 0) is 16.1 Å². The summed E-state index contributed by atoms with van der Waals surface area (Å²) >= 11 is 9.36. The Balaban J connectivity index is 1.82. The molecule has 21 heavy (non-hydrogen) atoms. The highest BCUT2D eigenvalue weighted by atomic mass is 79.9. The molecule has 0 fully saturated rings. The van der Waals surface area contributed by atoms with E-state index in [1.165, 1.54) is 0 Å². The largest absolute Gasteiger partial charge is 0.399 e. The number of ether oxygens (including phenoxy) is 1. The Morgan fingerprint density at radius 1 is 1.29 bits per heavy atom. The van der Waals surface area contributed by atoms with Gasteiger partial charge in [0.2, 0.25) is 5.91 Å². The molecule has 6 heteroatoms. The molecule has 0 aliphatic heterocycles. The van der Waals surface area contributed by atoms with Crippen LogP contribution in [0.4, 0.5) is 11.4 Å². The third-order valence-corrected chi connectivity index (χ3v) is 3.46. The van der Waals surface area contributed by atoms with Crippen LogP contribution in [0.25, 0.3) is 0 Å². The number of nitrogens with one attached hydrogen (secondary N) is 1. The molecule has 4 nitrogen and oxygen atoms in total. The number of nitrogen functional groups attached to an aromatic ring is 1. The van der Waals surface area contributed by atoms with Crippen LogP contribution in [0.1, 0.15) is 5.56 Å². The summed E-state index contributed by atoms with van der Waals surface area (Å²) in [5.41, 5.74) is 7.64. The zero-order chi connectivity index (χ0) is 15.2. The number of hydrogen-bond donors (Lipinski definition) is 2. The first-order valence-electron chi connectivity index (χ1n) is 6.21. The van der Waals surface area contributed by atoms with Crippen LogP contribution in [-0.4, -0.2) is 12.5 Å². The first-order chi connectivity index (χ1) is 10.0. The van der Waals surface area contributed by atoms with Crippen LogP contribution in [0.2, 0.25) is 5.02 Å². The van der Waals surface area contributed by atoms with Gasteiger partial charge in [-0.15, -0.1) is 0 Å². The van der Waals surface area contributed by atoms with Crippen molar-refractivity contribution in [2.75, 3.05) is 17.7 Å². The number of amides is 1. The number of halogens is 2. The first kappa shape index (κ1) is 15.8. The van der Waals surface area contributed by atoms with E-state index in [0.29, 0.717) is 23.0 Å². The summed E-state index contributed by atoms with van der Waals surface area (Å²) in [5.74, 6) is -0.267. The highest BCUT2D eigenvalue weighted by Gasteiger charge is 2.06. The van der Waals surface area contributed by atoms with Crippen molar-refractivity contribution in [2.45, 2.75) is 6.61 Å². The molecule has 3 N–H and O–H groups in total. The fraction of sp³-hybridized carbons (Fsp3) is 0.133. The Bertz CT molecular complexity index is 649. The van der Waals surface area contributed by atoms with Gasteiger partial charge in [0.05, 0.1) is 17.3 Å². The Hall–Kier alpha value is -1.56. The molecule has 0 saturated carbocycles. The van der Waals surface area contributed by atoms with E-state index in [4.69, 9.17) is 22.1 Å². The third-order valence-electron chi connectivity index (χ3n) is 2.66. The fourth-order valence-corrected chi connectivity index (χ4v) is 2.39. The van der Waals surface area contributed by atoms with Gasteiger partial charge in [-0.1, -0.05) is 39.7 Å². The number of rotatable bonds is 5. The van der Waals surface area contributed by atoms with Crippen molar-refractivity contribution in [2.24, 2.45) is 0 Å². The molecule has 0 bridgehead atoms. The molecule has 110 valence electrons. The zero-order valence-electron chi connectivity index (χ0n) is 11.1. The van der Waals surface area contributed by atoms with Crippen LogP contribution in [0.15, 0.2) is 46.9 Å². The topological polar surface area (TPSA) is 64.3 Å². The summed E-state index contributed by atoms with van der Waals surface area (Å²) in [4.78, 5) is 11.8. The smallest absolute Gasteiger partial charge is 0.250 e. The predicted octanol–water partition coefficient (Wildman–Crippen LogP) is 3.84. The lowest BCUT2D eigenvalue weighted by Crippen LogP contribution is -2.18. The highest BCUT2D eigenvalue weighted by molar-refractivity contribution is 9.10. The molecule has 0 aliphatic carbocycles. The van der Waals surface area contributed by atoms with Crippen molar-refractivity contribution in [1.29, 1.82) is 0 Å². The number of benzene rings is 2. The summed E-state index contributed by atoms with van der Waals surface area (Å²) in [6.45, 7) is 0.315.